The molecule has 0 aliphatic carbocycles. The van der Waals surface area contributed by atoms with E-state index in [2.05, 4.69) is 4.98 Å². The summed E-state index contributed by atoms with van der Waals surface area (Å²) in [6.45, 7) is 12.3. The molecule has 22 heavy (non-hydrogen) atoms. The topological polar surface area (TPSA) is 50.2 Å². The molecule has 5 heteroatoms. The van der Waals surface area contributed by atoms with Crippen molar-refractivity contribution in [2.45, 2.75) is 61.6 Å². The standard InChI is InChI=1S/C17H23NO2S2/c1-16(2,3)12-9-11(22(20)15-18-7-8-21-15)10-13(14(12)19)17(4,5)6/h7-10,19H,1-6H3. The van der Waals surface area contributed by atoms with Crippen LogP contribution in [0.15, 0.2) is 32.9 Å². The van der Waals surface area contributed by atoms with Crippen molar-refractivity contribution in [1.29, 1.82) is 0 Å². The molecule has 0 spiro atoms. The molecule has 0 amide bonds. The molecule has 0 aliphatic heterocycles. The number of phenolic OH excluding ortho intramolecular Hbond substituents is 1. The van der Waals surface area contributed by atoms with Gasteiger partial charge in [-0.25, -0.2) is 9.19 Å². The van der Waals surface area contributed by atoms with Crippen LogP contribution in [0.1, 0.15) is 52.7 Å². The molecule has 1 unspecified atom stereocenters. The van der Waals surface area contributed by atoms with Gasteiger partial charge in [0.05, 0.1) is 0 Å². The van der Waals surface area contributed by atoms with Crippen LogP contribution in [0.3, 0.4) is 0 Å². The van der Waals surface area contributed by atoms with Crippen molar-refractivity contribution in [3.8, 4) is 5.75 Å². The third-order valence-electron chi connectivity index (χ3n) is 3.48. The van der Waals surface area contributed by atoms with Gasteiger partial charge in [-0.15, -0.1) is 11.3 Å². The van der Waals surface area contributed by atoms with Gasteiger partial charge in [0, 0.05) is 27.6 Å². The predicted molar refractivity (Wildman–Crippen MR) is 92.3 cm³/mol. The number of rotatable bonds is 2. The Balaban J connectivity index is 2.68. The smallest absolute Gasteiger partial charge is 0.185 e. The first-order valence-electron chi connectivity index (χ1n) is 7.21. The van der Waals surface area contributed by atoms with Gasteiger partial charge in [-0.3, -0.25) is 0 Å². The van der Waals surface area contributed by atoms with Crippen molar-refractivity contribution >= 4 is 22.1 Å². The number of thiazole rings is 1. The fourth-order valence-electron chi connectivity index (χ4n) is 2.26. The largest absolute Gasteiger partial charge is 0.507 e. The van der Waals surface area contributed by atoms with E-state index in [4.69, 9.17) is 0 Å². The Morgan fingerprint density at radius 2 is 1.55 bits per heavy atom. The van der Waals surface area contributed by atoms with Crippen LogP contribution < -0.4 is 0 Å². The van der Waals surface area contributed by atoms with E-state index in [1.807, 2.05) is 59.1 Å². The first kappa shape index (κ1) is 17.2. The van der Waals surface area contributed by atoms with Crippen LogP contribution in [0.4, 0.5) is 0 Å². The molecular weight excluding hydrogens is 314 g/mol. The number of benzene rings is 1. The van der Waals surface area contributed by atoms with Gasteiger partial charge in [0.15, 0.2) is 4.34 Å². The SMILES string of the molecule is CC(C)(C)c1cc(S(=O)c2nccs2)cc(C(C)(C)C)c1O. The fraction of sp³-hybridized carbons (Fsp3) is 0.471. The molecule has 2 aromatic rings. The van der Waals surface area contributed by atoms with Gasteiger partial charge in [0.2, 0.25) is 0 Å². The van der Waals surface area contributed by atoms with E-state index in [0.29, 0.717) is 15.0 Å². The van der Waals surface area contributed by atoms with Crippen LogP contribution in [-0.4, -0.2) is 14.3 Å². The molecule has 3 nitrogen and oxygen atoms in total. The number of aromatic nitrogens is 1. The number of aromatic hydroxyl groups is 1. The Morgan fingerprint density at radius 3 is 1.91 bits per heavy atom. The first-order valence-corrected chi connectivity index (χ1v) is 9.24. The van der Waals surface area contributed by atoms with Gasteiger partial charge in [-0.05, 0) is 23.0 Å². The number of hydrogen-bond donors (Lipinski definition) is 1. The second kappa shape index (κ2) is 5.78. The Bertz CT molecular complexity index is 657. The van der Waals surface area contributed by atoms with E-state index in [-0.39, 0.29) is 10.8 Å². The highest BCUT2D eigenvalue weighted by Crippen LogP contribution is 2.41. The van der Waals surface area contributed by atoms with E-state index in [1.54, 1.807) is 6.20 Å². The minimum Gasteiger partial charge on any atom is -0.507 e. The maximum Gasteiger partial charge on any atom is 0.185 e. The van der Waals surface area contributed by atoms with Crippen LogP contribution in [0.25, 0.3) is 0 Å². The lowest BCUT2D eigenvalue weighted by Crippen LogP contribution is -2.18. The molecule has 120 valence electrons. The Kier molecular flexibility index (Phi) is 4.51. The van der Waals surface area contributed by atoms with Gasteiger partial charge in [-0.2, -0.15) is 0 Å². The zero-order valence-electron chi connectivity index (χ0n) is 13.9. The van der Waals surface area contributed by atoms with Gasteiger partial charge in [0.1, 0.15) is 16.5 Å². The van der Waals surface area contributed by atoms with Crippen LogP contribution in [-0.2, 0) is 21.6 Å². The molecule has 0 aliphatic rings. The Hall–Kier alpha value is -1.20. The molecule has 0 saturated carbocycles. The van der Waals surface area contributed by atoms with Crippen molar-refractivity contribution in [2.75, 3.05) is 0 Å². The monoisotopic (exact) mass is 337 g/mol. The molecule has 0 saturated heterocycles. The second-order valence-electron chi connectivity index (χ2n) is 7.43. The minimum atomic E-state index is -1.32. The van der Waals surface area contributed by atoms with Crippen LogP contribution in [0, 0.1) is 0 Å². The molecule has 0 radical (unpaired) electrons. The predicted octanol–water partition coefficient (Wildman–Crippen LogP) is 4.61. The van der Waals surface area contributed by atoms with Crippen LogP contribution >= 0.6 is 11.3 Å². The summed E-state index contributed by atoms with van der Waals surface area (Å²) in [6, 6.07) is 3.70. The van der Waals surface area contributed by atoms with Crippen LogP contribution in [0.2, 0.25) is 0 Å². The minimum absolute atomic E-state index is 0.229. The Labute approximate surface area is 138 Å². The molecule has 1 aromatic carbocycles. The van der Waals surface area contributed by atoms with E-state index < -0.39 is 10.8 Å². The van der Waals surface area contributed by atoms with E-state index in [0.717, 1.165) is 11.1 Å². The summed E-state index contributed by atoms with van der Waals surface area (Å²) < 4.78 is 13.3. The highest BCUT2D eigenvalue weighted by atomic mass is 32.2. The van der Waals surface area contributed by atoms with Crippen molar-refractivity contribution in [3.63, 3.8) is 0 Å². The van der Waals surface area contributed by atoms with E-state index in [1.165, 1.54) is 11.3 Å². The normalized spacial score (nSPS) is 14.1. The fourth-order valence-corrected chi connectivity index (χ4v) is 4.23. The maximum atomic E-state index is 12.8. The quantitative estimate of drug-likeness (QED) is 0.870. The molecule has 1 atom stereocenters. The van der Waals surface area contributed by atoms with E-state index in [9.17, 15) is 9.32 Å². The summed E-state index contributed by atoms with van der Waals surface area (Å²) in [5, 5.41) is 12.5. The van der Waals surface area contributed by atoms with Crippen LogP contribution in [0.5, 0.6) is 5.75 Å². The zero-order chi connectivity index (χ0) is 16.7. The van der Waals surface area contributed by atoms with Gasteiger partial charge < -0.3 is 5.11 Å². The Morgan fingerprint density at radius 1 is 1.05 bits per heavy atom. The summed E-state index contributed by atoms with van der Waals surface area (Å²) in [4.78, 5) is 4.85. The lowest BCUT2D eigenvalue weighted by molar-refractivity contribution is 0.422. The lowest BCUT2D eigenvalue weighted by Gasteiger charge is -2.28. The van der Waals surface area contributed by atoms with Gasteiger partial charge >= 0.3 is 0 Å². The molecule has 2 rings (SSSR count). The third-order valence-corrected chi connectivity index (χ3v) is 5.88. The first-order chi connectivity index (χ1) is 10.0. The summed E-state index contributed by atoms with van der Waals surface area (Å²) in [5.41, 5.74) is 1.18. The highest BCUT2D eigenvalue weighted by molar-refractivity contribution is 7.87. The van der Waals surface area contributed by atoms with Crippen molar-refractivity contribution in [2.24, 2.45) is 0 Å². The summed E-state index contributed by atoms with van der Waals surface area (Å²) >= 11 is 1.38. The summed E-state index contributed by atoms with van der Waals surface area (Å²) in [7, 11) is -1.32. The maximum absolute atomic E-state index is 12.8. The van der Waals surface area contributed by atoms with Gasteiger partial charge in [-0.1, -0.05) is 41.5 Å². The summed E-state index contributed by atoms with van der Waals surface area (Å²) in [5.74, 6) is 0.305. The average molecular weight is 338 g/mol. The van der Waals surface area contributed by atoms with Crippen molar-refractivity contribution < 1.29 is 9.32 Å². The zero-order valence-corrected chi connectivity index (χ0v) is 15.6. The molecule has 0 bridgehead atoms. The molecule has 1 heterocycles. The summed E-state index contributed by atoms with van der Waals surface area (Å²) in [6.07, 6.45) is 1.66. The molecule has 1 aromatic heterocycles. The second-order valence-corrected chi connectivity index (χ2v) is 9.98. The van der Waals surface area contributed by atoms with E-state index >= 15 is 0 Å². The third kappa shape index (κ3) is 3.41. The van der Waals surface area contributed by atoms with Gasteiger partial charge in [0.25, 0.3) is 0 Å². The van der Waals surface area contributed by atoms with Crippen molar-refractivity contribution in [1.82, 2.24) is 4.98 Å². The number of phenols is 1. The average Bonchev–Trinajstić information content (AvgIpc) is 2.89. The van der Waals surface area contributed by atoms with Crippen molar-refractivity contribution in [3.05, 3.63) is 34.8 Å². The molecular formula is C17H23NO2S2. The molecule has 0 fully saturated rings. The number of hydrogen-bond acceptors (Lipinski definition) is 4. The number of nitrogens with zero attached hydrogens (tertiary/aromatic N) is 1. The lowest BCUT2D eigenvalue weighted by atomic mass is 9.79. The molecule has 1 N–H and O–H groups in total. The highest BCUT2D eigenvalue weighted by Gasteiger charge is 2.28.